The van der Waals surface area contributed by atoms with E-state index in [2.05, 4.69) is 10.3 Å². The van der Waals surface area contributed by atoms with Crippen molar-refractivity contribution in [3.05, 3.63) is 92.0 Å². The van der Waals surface area contributed by atoms with Crippen LogP contribution in [-0.4, -0.2) is 15.5 Å². The van der Waals surface area contributed by atoms with Crippen LogP contribution in [-0.2, 0) is 0 Å². The molecule has 0 spiro atoms. The molecule has 2 N–H and O–H groups in total. The molecule has 8 heteroatoms. The number of hydrogen-bond donors (Lipinski definition) is 2. The van der Waals surface area contributed by atoms with Crippen LogP contribution in [0, 0.1) is 5.82 Å². The molecule has 3 aromatic rings. The van der Waals surface area contributed by atoms with Gasteiger partial charge in [-0.05, 0) is 48.5 Å². The van der Waals surface area contributed by atoms with Crippen LogP contribution in [0.15, 0.2) is 64.3 Å². The maximum atomic E-state index is 12.9. The van der Waals surface area contributed by atoms with Crippen LogP contribution in [0.1, 0.15) is 10.4 Å². The normalized spacial score (nSPS) is 10.5. The van der Waals surface area contributed by atoms with Gasteiger partial charge in [-0.2, -0.15) is 0 Å². The van der Waals surface area contributed by atoms with Crippen LogP contribution in [0.25, 0.3) is 5.69 Å². The molecule has 3 rings (SSSR count). The number of halogens is 2. The summed E-state index contributed by atoms with van der Waals surface area (Å²) in [4.78, 5) is 39.2. The van der Waals surface area contributed by atoms with Gasteiger partial charge in [-0.25, -0.2) is 13.8 Å². The van der Waals surface area contributed by atoms with Gasteiger partial charge in [0.1, 0.15) is 11.4 Å². The Balaban J connectivity index is 2.00. The first-order chi connectivity index (χ1) is 12.0. The van der Waals surface area contributed by atoms with E-state index >= 15 is 0 Å². The minimum atomic E-state index is -0.786. The second kappa shape index (κ2) is 6.74. The van der Waals surface area contributed by atoms with Crippen molar-refractivity contribution in [3.8, 4) is 5.69 Å². The predicted octanol–water partition coefficient (Wildman–Crippen LogP) is 2.57. The predicted molar refractivity (Wildman–Crippen MR) is 92.0 cm³/mol. The van der Waals surface area contributed by atoms with E-state index in [0.29, 0.717) is 10.7 Å². The number of aromatic amines is 1. The van der Waals surface area contributed by atoms with Gasteiger partial charge in [0.25, 0.3) is 11.5 Å². The summed E-state index contributed by atoms with van der Waals surface area (Å²) in [6, 6.07) is 11.1. The van der Waals surface area contributed by atoms with Gasteiger partial charge in [0.05, 0.1) is 5.69 Å². The number of carbonyl (C=O) groups is 1. The molecule has 1 amide bonds. The topological polar surface area (TPSA) is 84.0 Å². The fourth-order valence-corrected chi connectivity index (χ4v) is 2.32. The number of anilines is 1. The van der Waals surface area contributed by atoms with E-state index in [-0.39, 0.29) is 11.3 Å². The number of hydrogen-bond acceptors (Lipinski definition) is 3. The number of rotatable bonds is 3. The van der Waals surface area contributed by atoms with Crippen molar-refractivity contribution in [2.45, 2.75) is 0 Å². The Morgan fingerprint density at radius 1 is 1.04 bits per heavy atom. The van der Waals surface area contributed by atoms with E-state index in [1.54, 1.807) is 0 Å². The van der Waals surface area contributed by atoms with Gasteiger partial charge in [0.15, 0.2) is 0 Å². The molecular weight excluding hydrogens is 349 g/mol. The number of nitrogens with one attached hydrogen (secondary N) is 2. The van der Waals surface area contributed by atoms with Gasteiger partial charge >= 0.3 is 5.69 Å². The maximum Gasteiger partial charge on any atom is 0.333 e. The Kier molecular flexibility index (Phi) is 4.49. The highest BCUT2D eigenvalue weighted by molar-refractivity contribution is 6.30. The zero-order valence-electron chi connectivity index (χ0n) is 12.6. The molecule has 1 aromatic heterocycles. The molecule has 0 aliphatic heterocycles. The van der Waals surface area contributed by atoms with Crippen LogP contribution in [0.5, 0.6) is 0 Å². The molecule has 2 aromatic carbocycles. The third kappa shape index (κ3) is 3.51. The second-order valence-corrected chi connectivity index (χ2v) is 5.52. The molecule has 0 radical (unpaired) electrons. The fraction of sp³-hybridized carbons (Fsp3) is 0. The summed E-state index contributed by atoms with van der Waals surface area (Å²) in [7, 11) is 0. The van der Waals surface area contributed by atoms with Gasteiger partial charge in [-0.15, -0.1) is 0 Å². The summed E-state index contributed by atoms with van der Waals surface area (Å²) in [6.07, 6.45) is 1.04. The number of benzene rings is 2. The Labute approximate surface area is 145 Å². The van der Waals surface area contributed by atoms with Crippen LogP contribution >= 0.6 is 11.6 Å². The third-order valence-corrected chi connectivity index (χ3v) is 3.66. The summed E-state index contributed by atoms with van der Waals surface area (Å²) in [5.41, 5.74) is -1.16. The summed E-state index contributed by atoms with van der Waals surface area (Å²) < 4.78 is 13.7. The SMILES string of the molecule is O=C(Nc1ccc(F)cc1)c1c[nH]c(=O)n(-c2ccc(Cl)cc2)c1=O. The molecule has 0 saturated carbocycles. The number of carbonyl (C=O) groups excluding carboxylic acids is 1. The average molecular weight is 360 g/mol. The fourth-order valence-electron chi connectivity index (χ4n) is 2.19. The Hall–Kier alpha value is -3.19. The highest BCUT2D eigenvalue weighted by atomic mass is 35.5. The lowest BCUT2D eigenvalue weighted by atomic mass is 10.2. The highest BCUT2D eigenvalue weighted by Crippen LogP contribution is 2.12. The summed E-state index contributed by atoms with van der Waals surface area (Å²) in [6.45, 7) is 0. The minimum absolute atomic E-state index is 0.265. The Morgan fingerprint density at radius 3 is 2.32 bits per heavy atom. The zero-order chi connectivity index (χ0) is 18.0. The lowest BCUT2D eigenvalue weighted by Crippen LogP contribution is -2.38. The molecule has 0 atom stereocenters. The second-order valence-electron chi connectivity index (χ2n) is 5.09. The molecule has 0 bridgehead atoms. The van der Waals surface area contributed by atoms with E-state index < -0.39 is 23.0 Å². The van der Waals surface area contributed by atoms with Gasteiger partial charge in [0, 0.05) is 16.9 Å². The third-order valence-electron chi connectivity index (χ3n) is 3.41. The Bertz CT molecular complexity index is 1040. The van der Waals surface area contributed by atoms with Crippen LogP contribution in [0.3, 0.4) is 0 Å². The molecule has 0 aliphatic carbocycles. The smallest absolute Gasteiger partial charge is 0.322 e. The largest absolute Gasteiger partial charge is 0.333 e. The number of amides is 1. The minimum Gasteiger partial charge on any atom is -0.322 e. The van der Waals surface area contributed by atoms with Crippen molar-refractivity contribution in [1.29, 1.82) is 0 Å². The monoisotopic (exact) mass is 359 g/mol. The summed E-state index contributed by atoms with van der Waals surface area (Å²) in [5.74, 6) is -1.18. The van der Waals surface area contributed by atoms with Gasteiger partial charge in [-0.1, -0.05) is 11.6 Å². The van der Waals surface area contributed by atoms with E-state index in [1.807, 2.05) is 0 Å². The van der Waals surface area contributed by atoms with Gasteiger partial charge in [0.2, 0.25) is 0 Å². The number of nitrogens with zero attached hydrogens (tertiary/aromatic N) is 1. The van der Waals surface area contributed by atoms with E-state index in [9.17, 15) is 18.8 Å². The summed E-state index contributed by atoms with van der Waals surface area (Å²) >= 11 is 5.80. The van der Waals surface area contributed by atoms with Gasteiger partial charge < -0.3 is 10.3 Å². The first-order valence-corrected chi connectivity index (χ1v) is 7.51. The first kappa shape index (κ1) is 16.7. The molecule has 0 aliphatic rings. The van der Waals surface area contributed by atoms with Crippen molar-refractivity contribution >= 4 is 23.2 Å². The van der Waals surface area contributed by atoms with E-state index in [4.69, 9.17) is 11.6 Å². The van der Waals surface area contributed by atoms with Gasteiger partial charge in [-0.3, -0.25) is 9.59 Å². The first-order valence-electron chi connectivity index (χ1n) is 7.13. The summed E-state index contributed by atoms with van der Waals surface area (Å²) in [5, 5.41) is 2.91. The van der Waals surface area contributed by atoms with E-state index in [0.717, 1.165) is 10.8 Å². The van der Waals surface area contributed by atoms with E-state index in [1.165, 1.54) is 48.5 Å². The standard InChI is InChI=1S/C17H11ClFN3O3/c18-10-1-7-13(8-2-10)22-16(24)14(9-20-17(22)25)15(23)21-12-5-3-11(19)4-6-12/h1-9H,(H,20,25)(H,21,23). The van der Waals surface area contributed by atoms with Crippen molar-refractivity contribution < 1.29 is 9.18 Å². The molecule has 126 valence electrons. The molecule has 6 nitrogen and oxygen atoms in total. The van der Waals surface area contributed by atoms with Crippen molar-refractivity contribution in [3.63, 3.8) is 0 Å². The van der Waals surface area contributed by atoms with Crippen molar-refractivity contribution in [2.75, 3.05) is 5.32 Å². The maximum absolute atomic E-state index is 12.9. The molecule has 0 fully saturated rings. The van der Waals surface area contributed by atoms with Crippen LogP contribution in [0.2, 0.25) is 5.02 Å². The lowest BCUT2D eigenvalue weighted by Gasteiger charge is -2.08. The molecule has 25 heavy (non-hydrogen) atoms. The average Bonchev–Trinajstić information content (AvgIpc) is 2.58. The molecule has 0 saturated heterocycles. The quantitative estimate of drug-likeness (QED) is 0.753. The van der Waals surface area contributed by atoms with Crippen molar-refractivity contribution in [1.82, 2.24) is 9.55 Å². The number of H-pyrrole nitrogens is 1. The molecular formula is C17H11ClFN3O3. The Morgan fingerprint density at radius 2 is 1.68 bits per heavy atom. The van der Waals surface area contributed by atoms with Crippen LogP contribution in [0.4, 0.5) is 10.1 Å². The lowest BCUT2D eigenvalue weighted by molar-refractivity contribution is 0.102. The zero-order valence-corrected chi connectivity index (χ0v) is 13.4. The molecule has 0 unspecified atom stereocenters. The number of aromatic nitrogens is 2. The molecule has 1 heterocycles. The van der Waals surface area contributed by atoms with Crippen LogP contribution < -0.4 is 16.6 Å². The highest BCUT2D eigenvalue weighted by Gasteiger charge is 2.16. The van der Waals surface area contributed by atoms with Crippen molar-refractivity contribution in [2.24, 2.45) is 0 Å².